The first-order valence-electron chi connectivity index (χ1n) is 5.46. The van der Waals surface area contributed by atoms with Gasteiger partial charge in [0.15, 0.2) is 0 Å². The number of nitrogens with one attached hydrogen (secondary N) is 1. The Balaban J connectivity index is 1.64. The topological polar surface area (TPSA) is 66.4 Å². The standard InChI is InChI=1S/C11H17NO3/c1-8(13)12-4-2-3-10-5-11(6-10,7-10)9(14)15/h2-7H2,1H3,(H,12,13)(H,14,15). The number of hydrogen-bond donors (Lipinski definition) is 2. The number of amides is 1. The normalized spacial score (nSPS) is 36.3. The van der Waals surface area contributed by atoms with Crippen LogP contribution in [0.15, 0.2) is 0 Å². The van der Waals surface area contributed by atoms with Gasteiger partial charge in [-0.1, -0.05) is 0 Å². The quantitative estimate of drug-likeness (QED) is 0.670. The van der Waals surface area contributed by atoms with E-state index in [1.54, 1.807) is 0 Å². The fourth-order valence-electron chi connectivity index (χ4n) is 3.22. The molecule has 2 bridgehead atoms. The van der Waals surface area contributed by atoms with Crippen molar-refractivity contribution in [1.82, 2.24) is 5.32 Å². The number of carboxylic acids is 1. The van der Waals surface area contributed by atoms with Crippen LogP contribution < -0.4 is 5.32 Å². The van der Waals surface area contributed by atoms with Crippen molar-refractivity contribution < 1.29 is 14.7 Å². The summed E-state index contributed by atoms with van der Waals surface area (Å²) in [6.07, 6.45) is 4.60. The Bertz CT molecular complexity index is 291. The summed E-state index contributed by atoms with van der Waals surface area (Å²) in [7, 11) is 0. The summed E-state index contributed by atoms with van der Waals surface area (Å²) in [5.74, 6) is -0.610. The molecule has 84 valence electrons. The van der Waals surface area contributed by atoms with Crippen LogP contribution in [0, 0.1) is 10.8 Å². The Hall–Kier alpha value is -1.06. The minimum Gasteiger partial charge on any atom is -0.481 e. The average molecular weight is 211 g/mol. The largest absolute Gasteiger partial charge is 0.481 e. The molecule has 0 radical (unpaired) electrons. The van der Waals surface area contributed by atoms with Crippen molar-refractivity contribution in [1.29, 1.82) is 0 Å². The van der Waals surface area contributed by atoms with E-state index in [2.05, 4.69) is 5.32 Å². The van der Waals surface area contributed by atoms with E-state index < -0.39 is 5.97 Å². The molecule has 0 saturated heterocycles. The van der Waals surface area contributed by atoms with E-state index in [0.29, 0.717) is 5.41 Å². The third-order valence-electron chi connectivity index (χ3n) is 3.85. The molecule has 0 aliphatic heterocycles. The lowest BCUT2D eigenvalue weighted by Gasteiger charge is -2.68. The van der Waals surface area contributed by atoms with Crippen LogP contribution in [0.5, 0.6) is 0 Å². The summed E-state index contributed by atoms with van der Waals surface area (Å²) in [6, 6.07) is 0. The van der Waals surface area contributed by atoms with Crippen molar-refractivity contribution in [2.75, 3.05) is 6.54 Å². The van der Waals surface area contributed by atoms with E-state index in [4.69, 9.17) is 5.11 Å². The molecule has 4 nitrogen and oxygen atoms in total. The fraction of sp³-hybridized carbons (Fsp3) is 0.818. The van der Waals surface area contributed by atoms with Gasteiger partial charge in [0.25, 0.3) is 0 Å². The molecule has 0 spiro atoms. The van der Waals surface area contributed by atoms with Crippen LogP contribution in [0.25, 0.3) is 0 Å². The molecule has 3 aliphatic carbocycles. The summed E-state index contributed by atoms with van der Waals surface area (Å²) in [4.78, 5) is 21.5. The number of rotatable bonds is 5. The maximum atomic E-state index is 10.8. The van der Waals surface area contributed by atoms with Crippen LogP contribution in [-0.4, -0.2) is 23.5 Å². The van der Waals surface area contributed by atoms with Crippen LogP contribution in [0.3, 0.4) is 0 Å². The third kappa shape index (κ3) is 1.62. The van der Waals surface area contributed by atoms with Crippen molar-refractivity contribution in [3.8, 4) is 0 Å². The van der Waals surface area contributed by atoms with Crippen LogP contribution in [0.2, 0.25) is 0 Å². The second-order valence-electron chi connectivity index (χ2n) is 5.20. The molecule has 0 heterocycles. The maximum Gasteiger partial charge on any atom is 0.309 e. The lowest BCUT2D eigenvalue weighted by molar-refractivity contribution is -0.225. The first-order chi connectivity index (χ1) is 6.98. The number of carbonyl (C=O) groups is 2. The molecule has 2 N–H and O–H groups in total. The number of hydrogen-bond acceptors (Lipinski definition) is 2. The molecule has 15 heavy (non-hydrogen) atoms. The SMILES string of the molecule is CC(=O)NCCCC12CC(C(=O)O)(C1)C2. The second kappa shape index (κ2) is 3.22. The van der Waals surface area contributed by atoms with Crippen molar-refractivity contribution >= 4 is 11.9 Å². The summed E-state index contributed by atoms with van der Waals surface area (Å²) in [5, 5.41) is 11.7. The lowest BCUT2D eigenvalue weighted by Crippen LogP contribution is -2.65. The summed E-state index contributed by atoms with van der Waals surface area (Å²) in [5.41, 5.74) is -0.0368. The molecular formula is C11H17NO3. The molecule has 0 unspecified atom stereocenters. The minimum absolute atomic E-state index is 0.00889. The van der Waals surface area contributed by atoms with Gasteiger partial charge < -0.3 is 10.4 Å². The lowest BCUT2D eigenvalue weighted by atomic mass is 9.34. The van der Waals surface area contributed by atoms with Crippen LogP contribution in [0.1, 0.15) is 39.0 Å². The molecule has 0 aromatic rings. The van der Waals surface area contributed by atoms with Crippen LogP contribution in [0.4, 0.5) is 0 Å². The third-order valence-corrected chi connectivity index (χ3v) is 3.85. The predicted octanol–water partition coefficient (Wildman–Crippen LogP) is 1.16. The highest BCUT2D eigenvalue weighted by Crippen LogP contribution is 2.75. The molecule has 0 atom stereocenters. The van der Waals surface area contributed by atoms with E-state index in [1.807, 2.05) is 0 Å². The zero-order valence-electron chi connectivity index (χ0n) is 9.01. The van der Waals surface area contributed by atoms with Crippen molar-refractivity contribution in [2.45, 2.75) is 39.0 Å². The highest BCUT2D eigenvalue weighted by molar-refractivity contribution is 5.79. The first kappa shape index (κ1) is 10.5. The van der Waals surface area contributed by atoms with Crippen molar-refractivity contribution in [3.05, 3.63) is 0 Å². The molecule has 3 saturated carbocycles. The summed E-state index contributed by atoms with van der Waals surface area (Å²) < 4.78 is 0. The van der Waals surface area contributed by atoms with Gasteiger partial charge in [0.2, 0.25) is 5.91 Å². The zero-order valence-corrected chi connectivity index (χ0v) is 9.01. The fourth-order valence-corrected chi connectivity index (χ4v) is 3.22. The van der Waals surface area contributed by atoms with Gasteiger partial charge in [-0.15, -0.1) is 0 Å². The molecule has 0 aromatic heterocycles. The first-order valence-corrected chi connectivity index (χ1v) is 5.46. The molecule has 4 heteroatoms. The summed E-state index contributed by atoms with van der Waals surface area (Å²) in [6.45, 7) is 2.23. The van der Waals surface area contributed by atoms with E-state index in [-0.39, 0.29) is 11.3 Å². The van der Waals surface area contributed by atoms with Gasteiger partial charge in [0, 0.05) is 13.5 Å². The number of aliphatic carboxylic acids is 1. The number of carbonyl (C=O) groups excluding carboxylic acids is 1. The van der Waals surface area contributed by atoms with E-state index >= 15 is 0 Å². The van der Waals surface area contributed by atoms with Gasteiger partial charge >= 0.3 is 5.97 Å². The molecule has 0 aromatic carbocycles. The van der Waals surface area contributed by atoms with Crippen molar-refractivity contribution in [3.63, 3.8) is 0 Å². The smallest absolute Gasteiger partial charge is 0.309 e. The van der Waals surface area contributed by atoms with E-state index in [0.717, 1.165) is 38.6 Å². The van der Waals surface area contributed by atoms with Crippen LogP contribution in [-0.2, 0) is 9.59 Å². The Morgan fingerprint density at radius 1 is 1.33 bits per heavy atom. The van der Waals surface area contributed by atoms with Gasteiger partial charge in [0.05, 0.1) is 5.41 Å². The highest BCUT2D eigenvalue weighted by Gasteiger charge is 2.70. The van der Waals surface area contributed by atoms with E-state index in [9.17, 15) is 9.59 Å². The molecule has 1 amide bonds. The Morgan fingerprint density at radius 3 is 2.40 bits per heavy atom. The maximum absolute atomic E-state index is 10.8. The molecule has 3 aliphatic rings. The predicted molar refractivity (Wildman–Crippen MR) is 54.3 cm³/mol. The molecular weight excluding hydrogens is 194 g/mol. The monoisotopic (exact) mass is 211 g/mol. The van der Waals surface area contributed by atoms with Crippen molar-refractivity contribution in [2.24, 2.45) is 10.8 Å². The minimum atomic E-state index is -0.619. The number of carboxylic acid groups (broad SMARTS) is 1. The Morgan fingerprint density at radius 2 is 1.93 bits per heavy atom. The molecule has 3 rings (SSSR count). The molecule has 3 fully saturated rings. The zero-order chi connectivity index (χ0) is 11.1. The Kier molecular flexibility index (Phi) is 2.24. The van der Waals surface area contributed by atoms with Gasteiger partial charge in [-0.25, -0.2) is 0 Å². The Labute approximate surface area is 89.0 Å². The van der Waals surface area contributed by atoms with Gasteiger partial charge in [-0.3, -0.25) is 9.59 Å². The highest BCUT2D eigenvalue weighted by atomic mass is 16.4. The van der Waals surface area contributed by atoms with E-state index in [1.165, 1.54) is 6.92 Å². The van der Waals surface area contributed by atoms with Gasteiger partial charge in [-0.2, -0.15) is 0 Å². The van der Waals surface area contributed by atoms with Gasteiger partial charge in [0.1, 0.15) is 0 Å². The second-order valence-corrected chi connectivity index (χ2v) is 5.20. The van der Waals surface area contributed by atoms with Gasteiger partial charge in [-0.05, 0) is 37.5 Å². The summed E-state index contributed by atoms with van der Waals surface area (Å²) >= 11 is 0. The van der Waals surface area contributed by atoms with Crippen LogP contribution >= 0.6 is 0 Å². The average Bonchev–Trinajstić information content (AvgIpc) is 1.96.